The van der Waals surface area contributed by atoms with Crippen LogP contribution < -0.4 is 0 Å². The van der Waals surface area contributed by atoms with Crippen molar-refractivity contribution in [3.8, 4) is 0 Å². The molecule has 0 unspecified atom stereocenters. The molecule has 2 nitrogen and oxygen atoms in total. The molecule has 0 aromatic rings. The highest BCUT2D eigenvalue weighted by Gasteiger charge is 1.83. The van der Waals surface area contributed by atoms with Crippen LogP contribution in [0.4, 0.5) is 0 Å². The second-order valence-electron chi connectivity index (χ2n) is 3.02. The van der Waals surface area contributed by atoms with Crippen LogP contribution in [0, 0.1) is 11.8 Å². The van der Waals surface area contributed by atoms with Gasteiger partial charge in [-0.15, -0.1) is 0 Å². The lowest BCUT2D eigenvalue weighted by molar-refractivity contribution is 0.885. The minimum atomic E-state index is 0.490. The number of hydrogen-bond donors (Lipinski definition) is 0. The summed E-state index contributed by atoms with van der Waals surface area (Å²) in [7, 11) is 0. The van der Waals surface area contributed by atoms with Gasteiger partial charge in [0.25, 0.3) is 0 Å². The maximum absolute atomic E-state index is 3.86. The zero-order valence-electron chi connectivity index (χ0n) is 7.20. The summed E-state index contributed by atoms with van der Waals surface area (Å²) in [5.41, 5.74) is 0. The molecule has 0 aromatic heterocycles. The third-order valence-electron chi connectivity index (χ3n) is 0.796. The van der Waals surface area contributed by atoms with Crippen LogP contribution in [0.5, 0.6) is 0 Å². The molecule has 0 aliphatic rings. The number of nitrogens with zero attached hydrogens (tertiary/aromatic N) is 2. The molecule has 0 saturated heterocycles. The van der Waals surface area contributed by atoms with Crippen molar-refractivity contribution in [1.29, 1.82) is 0 Å². The fraction of sp³-hybridized carbons (Fsp3) is 0.750. The quantitative estimate of drug-likeness (QED) is 0.424. The van der Waals surface area contributed by atoms with Crippen molar-refractivity contribution < 1.29 is 0 Å². The van der Waals surface area contributed by atoms with E-state index in [1.165, 1.54) is 0 Å². The third-order valence-corrected chi connectivity index (χ3v) is 0.796. The normalized spacial score (nSPS) is 13.0. The van der Waals surface area contributed by atoms with E-state index >= 15 is 0 Å². The van der Waals surface area contributed by atoms with Gasteiger partial charge in [-0.1, -0.05) is 27.7 Å². The average molecular weight is 140 g/mol. The van der Waals surface area contributed by atoms with Gasteiger partial charge in [-0.3, -0.25) is 0 Å². The van der Waals surface area contributed by atoms with Crippen LogP contribution >= 0.6 is 0 Å². The first-order valence-electron chi connectivity index (χ1n) is 3.69. The van der Waals surface area contributed by atoms with Gasteiger partial charge < -0.3 is 0 Å². The molecule has 2 heteroatoms. The molecule has 0 rings (SSSR count). The smallest absolute Gasteiger partial charge is 0.0295 e. The maximum atomic E-state index is 3.86. The molecule has 0 atom stereocenters. The van der Waals surface area contributed by atoms with Crippen molar-refractivity contribution in [3.05, 3.63) is 0 Å². The van der Waals surface area contributed by atoms with Gasteiger partial charge in [-0.05, 0) is 11.8 Å². The zero-order valence-corrected chi connectivity index (χ0v) is 7.20. The molecular formula is C8H16N2. The standard InChI is InChI=1S/C8H16N2/c1-7(2)5-9-10-6-8(3)4/h5-8H,1-4H3/b9-5+,10-6?. The molecule has 0 aliphatic carbocycles. The Morgan fingerprint density at radius 3 is 1.30 bits per heavy atom. The molecule has 10 heavy (non-hydrogen) atoms. The van der Waals surface area contributed by atoms with E-state index in [1.807, 2.05) is 12.4 Å². The van der Waals surface area contributed by atoms with Crippen molar-refractivity contribution in [2.24, 2.45) is 22.0 Å². The van der Waals surface area contributed by atoms with Crippen molar-refractivity contribution in [2.75, 3.05) is 0 Å². The second-order valence-corrected chi connectivity index (χ2v) is 3.02. The van der Waals surface area contributed by atoms with Crippen LogP contribution in [0.2, 0.25) is 0 Å². The Hall–Kier alpha value is -0.660. The molecule has 0 saturated carbocycles. The highest BCUT2D eigenvalue weighted by atomic mass is 15.2. The molecule has 0 amide bonds. The SMILES string of the molecule is CC(C)C=N/N=C/C(C)C. The van der Waals surface area contributed by atoms with E-state index in [1.54, 1.807) is 0 Å². The van der Waals surface area contributed by atoms with E-state index in [0.717, 1.165) is 0 Å². The Morgan fingerprint density at radius 2 is 1.10 bits per heavy atom. The fourth-order valence-corrected chi connectivity index (χ4v) is 0.344. The van der Waals surface area contributed by atoms with E-state index in [4.69, 9.17) is 0 Å². The average Bonchev–Trinajstić information content (AvgIpc) is 1.79. The largest absolute Gasteiger partial charge is 0.164 e. The Kier molecular flexibility index (Phi) is 4.81. The molecule has 0 fully saturated rings. The summed E-state index contributed by atoms with van der Waals surface area (Å²) in [6, 6.07) is 0. The van der Waals surface area contributed by atoms with Crippen LogP contribution in [-0.4, -0.2) is 12.4 Å². The lowest BCUT2D eigenvalue weighted by atomic mass is 10.2. The monoisotopic (exact) mass is 140 g/mol. The van der Waals surface area contributed by atoms with Gasteiger partial charge in [0, 0.05) is 12.4 Å². The molecule has 0 radical (unpaired) electrons. The molecule has 0 aliphatic heterocycles. The van der Waals surface area contributed by atoms with E-state index in [-0.39, 0.29) is 0 Å². The number of rotatable bonds is 3. The van der Waals surface area contributed by atoms with Crippen LogP contribution in [0.25, 0.3) is 0 Å². The van der Waals surface area contributed by atoms with Gasteiger partial charge in [-0.25, -0.2) is 0 Å². The Balaban J connectivity index is 3.52. The summed E-state index contributed by atoms with van der Waals surface area (Å²) in [5.74, 6) is 0.980. The van der Waals surface area contributed by atoms with E-state index < -0.39 is 0 Å². The third kappa shape index (κ3) is 7.34. The summed E-state index contributed by atoms with van der Waals surface area (Å²) >= 11 is 0. The molecule has 58 valence electrons. The van der Waals surface area contributed by atoms with Gasteiger partial charge in [0.05, 0.1) is 0 Å². The van der Waals surface area contributed by atoms with E-state index in [9.17, 15) is 0 Å². The molecule has 0 heterocycles. The van der Waals surface area contributed by atoms with Crippen LogP contribution in [0.1, 0.15) is 27.7 Å². The lowest BCUT2D eigenvalue weighted by Crippen LogP contribution is -1.88. The summed E-state index contributed by atoms with van der Waals surface area (Å²) in [4.78, 5) is 0. The number of hydrogen-bond acceptors (Lipinski definition) is 2. The summed E-state index contributed by atoms with van der Waals surface area (Å²) in [6.07, 6.45) is 3.66. The molecule has 0 N–H and O–H groups in total. The fourth-order valence-electron chi connectivity index (χ4n) is 0.344. The first-order valence-corrected chi connectivity index (χ1v) is 3.69. The van der Waals surface area contributed by atoms with Crippen molar-refractivity contribution in [2.45, 2.75) is 27.7 Å². The topological polar surface area (TPSA) is 24.7 Å². The maximum Gasteiger partial charge on any atom is 0.0295 e. The first-order chi connectivity index (χ1) is 4.63. The molecule has 0 spiro atoms. The van der Waals surface area contributed by atoms with Crippen LogP contribution in [0.15, 0.2) is 10.2 Å². The molecule has 0 aromatic carbocycles. The Bertz CT molecular complexity index is 107. The van der Waals surface area contributed by atoms with E-state index in [2.05, 4.69) is 37.9 Å². The van der Waals surface area contributed by atoms with Gasteiger partial charge in [0.1, 0.15) is 0 Å². The predicted octanol–water partition coefficient (Wildman–Crippen LogP) is 2.36. The molecule has 0 bridgehead atoms. The minimum absolute atomic E-state index is 0.490. The van der Waals surface area contributed by atoms with Crippen molar-refractivity contribution in [1.82, 2.24) is 0 Å². The lowest BCUT2D eigenvalue weighted by Gasteiger charge is -1.90. The van der Waals surface area contributed by atoms with Gasteiger partial charge in [0.2, 0.25) is 0 Å². The Morgan fingerprint density at radius 1 is 0.800 bits per heavy atom. The minimum Gasteiger partial charge on any atom is -0.164 e. The summed E-state index contributed by atoms with van der Waals surface area (Å²) < 4.78 is 0. The van der Waals surface area contributed by atoms with Crippen molar-refractivity contribution in [3.63, 3.8) is 0 Å². The van der Waals surface area contributed by atoms with Gasteiger partial charge in [-0.2, -0.15) is 10.2 Å². The van der Waals surface area contributed by atoms with Crippen molar-refractivity contribution >= 4 is 12.4 Å². The van der Waals surface area contributed by atoms with Crippen LogP contribution in [0.3, 0.4) is 0 Å². The predicted molar refractivity (Wildman–Crippen MR) is 46.7 cm³/mol. The van der Waals surface area contributed by atoms with Crippen LogP contribution in [-0.2, 0) is 0 Å². The summed E-state index contributed by atoms with van der Waals surface area (Å²) in [5, 5.41) is 7.71. The second kappa shape index (κ2) is 5.15. The first kappa shape index (κ1) is 9.34. The summed E-state index contributed by atoms with van der Waals surface area (Å²) in [6.45, 7) is 8.31. The van der Waals surface area contributed by atoms with E-state index in [0.29, 0.717) is 11.8 Å². The highest BCUT2D eigenvalue weighted by Crippen LogP contribution is 1.87. The van der Waals surface area contributed by atoms with Gasteiger partial charge in [0.15, 0.2) is 0 Å². The van der Waals surface area contributed by atoms with Gasteiger partial charge >= 0.3 is 0 Å². The zero-order chi connectivity index (χ0) is 7.98. The molecular weight excluding hydrogens is 124 g/mol. The Labute approximate surface area is 63.1 Å². The highest BCUT2D eigenvalue weighted by molar-refractivity contribution is 5.63.